The van der Waals surface area contributed by atoms with E-state index < -0.39 is 15.5 Å². The van der Waals surface area contributed by atoms with E-state index in [0.717, 1.165) is 24.0 Å². The third-order valence-corrected chi connectivity index (χ3v) is 11.7. The first-order valence-corrected chi connectivity index (χ1v) is 16.7. The van der Waals surface area contributed by atoms with Crippen LogP contribution >= 0.6 is 39.1 Å². The van der Waals surface area contributed by atoms with Gasteiger partial charge in [-0.3, -0.25) is 4.79 Å². The van der Waals surface area contributed by atoms with E-state index in [0.29, 0.717) is 14.4 Å². The van der Waals surface area contributed by atoms with E-state index in [9.17, 15) is 26.4 Å². The average Bonchev–Trinajstić information content (AvgIpc) is 2.91. The first-order chi connectivity index (χ1) is 19.3. The number of fused-ring (bicyclic) bond motifs is 1. The molecule has 1 amide bonds. The van der Waals surface area contributed by atoms with E-state index in [-0.39, 0.29) is 79.0 Å². The number of sulfonamides is 1. The second-order valence-electron chi connectivity index (χ2n) is 11.2. The Morgan fingerprint density at radius 2 is 1.49 bits per heavy atom. The lowest BCUT2D eigenvalue weighted by Crippen LogP contribution is -2.63. The van der Waals surface area contributed by atoms with Gasteiger partial charge in [-0.25, -0.2) is 8.42 Å². The number of alkyl halides is 4. The molecule has 13 heteroatoms. The summed E-state index contributed by atoms with van der Waals surface area (Å²) in [6.07, 6.45) is 2.36. The van der Waals surface area contributed by atoms with Crippen LogP contribution in [-0.4, -0.2) is 60.2 Å². The van der Waals surface area contributed by atoms with Crippen LogP contribution in [0.4, 0.5) is 13.2 Å². The highest BCUT2D eigenvalue weighted by molar-refractivity contribution is 9.09. The van der Waals surface area contributed by atoms with Gasteiger partial charge < -0.3 is 10.6 Å². The average molecular weight is 697 g/mol. The quantitative estimate of drug-likeness (QED) is 0.360. The molecule has 2 N–H and O–H groups in total. The Balaban J connectivity index is 1.36. The van der Waals surface area contributed by atoms with Crippen LogP contribution in [0.15, 0.2) is 48.5 Å². The van der Waals surface area contributed by atoms with Gasteiger partial charge in [-0.05, 0) is 72.9 Å². The van der Waals surface area contributed by atoms with Crippen LogP contribution in [0.1, 0.15) is 49.1 Å². The zero-order valence-electron chi connectivity index (χ0n) is 22.0. The van der Waals surface area contributed by atoms with E-state index in [1.807, 2.05) is 48.5 Å². The lowest BCUT2D eigenvalue weighted by Gasteiger charge is -2.49. The molecule has 0 bridgehead atoms. The smallest absolute Gasteiger partial charge is 0.352 e. The summed E-state index contributed by atoms with van der Waals surface area (Å²) in [6.45, 7) is -0.434. The molecule has 1 saturated carbocycles. The van der Waals surface area contributed by atoms with E-state index in [1.165, 1.54) is 0 Å². The highest BCUT2D eigenvalue weighted by Crippen LogP contribution is 2.47. The summed E-state index contributed by atoms with van der Waals surface area (Å²) in [6, 6.07) is 15.2. The molecule has 224 valence electrons. The summed E-state index contributed by atoms with van der Waals surface area (Å²) in [5.41, 5.74) is -3.06. The van der Waals surface area contributed by atoms with Crippen molar-refractivity contribution in [2.75, 3.05) is 13.1 Å². The normalized spacial score (nSPS) is 28.4. The van der Waals surface area contributed by atoms with Crippen molar-refractivity contribution in [2.24, 2.45) is 11.8 Å². The van der Waals surface area contributed by atoms with E-state index in [4.69, 9.17) is 23.2 Å². The Bertz CT molecular complexity index is 1290. The maximum atomic E-state index is 13.0. The number of nitrogens with zero attached hydrogens (tertiary/aromatic N) is 1. The molecule has 5 atom stereocenters. The number of hydrogen-bond acceptors (Lipinski definition) is 4. The van der Waals surface area contributed by atoms with Crippen LogP contribution < -0.4 is 10.6 Å². The minimum absolute atomic E-state index is 0.0145. The van der Waals surface area contributed by atoms with Crippen LogP contribution in [0, 0.1) is 11.8 Å². The maximum Gasteiger partial charge on any atom is 0.511 e. The molecule has 3 fully saturated rings. The van der Waals surface area contributed by atoms with Gasteiger partial charge in [-0.2, -0.15) is 17.5 Å². The fourth-order valence-electron chi connectivity index (χ4n) is 6.75. The number of nitrogens with one attached hydrogen (secondary N) is 2. The van der Waals surface area contributed by atoms with Gasteiger partial charge in [0, 0.05) is 58.4 Å². The van der Waals surface area contributed by atoms with E-state index in [2.05, 4.69) is 26.6 Å². The number of rotatable bonds is 6. The summed E-state index contributed by atoms with van der Waals surface area (Å²) in [5, 5.41) is 8.02. The van der Waals surface area contributed by atoms with Gasteiger partial charge >= 0.3 is 15.5 Å². The van der Waals surface area contributed by atoms with Gasteiger partial charge in [-0.1, -0.05) is 63.4 Å². The van der Waals surface area contributed by atoms with Gasteiger partial charge in [0.1, 0.15) is 0 Å². The van der Waals surface area contributed by atoms with Crippen molar-refractivity contribution in [2.45, 2.75) is 66.5 Å². The summed E-state index contributed by atoms with van der Waals surface area (Å²) in [5.74, 6) is 0.256. The Morgan fingerprint density at radius 1 is 0.951 bits per heavy atom. The highest BCUT2D eigenvalue weighted by atomic mass is 79.9. The van der Waals surface area contributed by atoms with Crippen molar-refractivity contribution in [3.63, 3.8) is 0 Å². The topological polar surface area (TPSA) is 78.5 Å². The Labute approximate surface area is 256 Å². The first kappa shape index (κ1) is 31.1. The van der Waals surface area contributed by atoms with Crippen molar-refractivity contribution in [1.29, 1.82) is 0 Å². The van der Waals surface area contributed by atoms with E-state index >= 15 is 0 Å². The van der Waals surface area contributed by atoms with Crippen LogP contribution in [-0.2, 0) is 14.8 Å². The summed E-state index contributed by atoms with van der Waals surface area (Å²) in [7, 11) is -5.35. The SMILES string of the molecule is O=C1CC(NC2CCN(S(=O)(=O)C(F)(F)F)CC2)C2CC(C(c3ccc(Cl)cc3)c3ccc(Cl)cc3)CC(Br)C2N1. The summed E-state index contributed by atoms with van der Waals surface area (Å²) < 4.78 is 63.3. The summed E-state index contributed by atoms with van der Waals surface area (Å²) in [4.78, 5) is 12.7. The number of piperidine rings is 2. The fourth-order valence-corrected chi connectivity index (χ4v) is 8.99. The molecule has 2 saturated heterocycles. The molecule has 6 nitrogen and oxygen atoms in total. The second-order valence-corrected chi connectivity index (χ2v) is 15.2. The standard InChI is InChI=1S/C28H31BrCl2F3N3O3S/c29-23-14-18(26(16-1-5-19(30)6-2-16)17-3-7-20(31)8-4-17)13-22-24(15-25(38)36-27(22)23)35-21-9-11-37(12-10-21)41(39,40)28(32,33)34/h1-8,18,21-24,26-27,35H,9-15H2,(H,36,38). The molecule has 2 aromatic carbocycles. The van der Waals surface area contributed by atoms with Crippen molar-refractivity contribution in [1.82, 2.24) is 14.9 Å². The molecule has 2 aromatic rings. The molecule has 5 unspecified atom stereocenters. The minimum Gasteiger partial charge on any atom is -0.352 e. The third-order valence-electron chi connectivity index (χ3n) is 8.67. The Morgan fingerprint density at radius 3 is 2.00 bits per heavy atom. The Kier molecular flexibility index (Phi) is 9.34. The van der Waals surface area contributed by atoms with Crippen molar-refractivity contribution in [3.05, 3.63) is 69.7 Å². The number of carbonyl (C=O) groups excluding carboxylic acids is 1. The number of hydrogen-bond donors (Lipinski definition) is 2. The molecule has 41 heavy (non-hydrogen) atoms. The predicted octanol–water partition coefficient (Wildman–Crippen LogP) is 6.08. The molecular formula is C28H31BrCl2F3N3O3S. The molecule has 2 aliphatic heterocycles. The number of benzene rings is 2. The summed E-state index contributed by atoms with van der Waals surface area (Å²) >= 11 is 16.3. The van der Waals surface area contributed by atoms with Crippen molar-refractivity contribution < 1.29 is 26.4 Å². The monoisotopic (exact) mass is 695 g/mol. The lowest BCUT2D eigenvalue weighted by molar-refractivity contribution is -0.126. The van der Waals surface area contributed by atoms with Gasteiger partial charge in [-0.15, -0.1) is 0 Å². The number of halogens is 6. The molecule has 0 radical (unpaired) electrons. The second kappa shape index (κ2) is 12.3. The number of amides is 1. The van der Waals surface area contributed by atoms with Crippen LogP contribution in [0.2, 0.25) is 10.0 Å². The van der Waals surface area contributed by atoms with Crippen molar-refractivity contribution >= 4 is 55.1 Å². The van der Waals surface area contributed by atoms with Crippen LogP contribution in [0.5, 0.6) is 0 Å². The maximum absolute atomic E-state index is 13.0. The molecule has 2 heterocycles. The lowest BCUT2D eigenvalue weighted by atomic mass is 9.65. The molecule has 1 aliphatic carbocycles. The van der Waals surface area contributed by atoms with Gasteiger partial charge in [0.25, 0.3) is 0 Å². The molecule has 0 spiro atoms. The predicted molar refractivity (Wildman–Crippen MR) is 157 cm³/mol. The highest BCUT2D eigenvalue weighted by Gasteiger charge is 2.51. The number of carbonyl (C=O) groups is 1. The van der Waals surface area contributed by atoms with Crippen molar-refractivity contribution in [3.8, 4) is 0 Å². The zero-order valence-corrected chi connectivity index (χ0v) is 25.9. The fraction of sp³-hybridized carbons (Fsp3) is 0.536. The Hall–Kier alpha value is -1.37. The molecular weight excluding hydrogens is 666 g/mol. The zero-order chi connectivity index (χ0) is 29.5. The largest absolute Gasteiger partial charge is 0.511 e. The molecule has 0 aromatic heterocycles. The van der Waals surface area contributed by atoms with Gasteiger partial charge in [0.2, 0.25) is 5.91 Å². The van der Waals surface area contributed by atoms with Crippen LogP contribution in [0.25, 0.3) is 0 Å². The van der Waals surface area contributed by atoms with Gasteiger partial charge in [0.15, 0.2) is 0 Å². The molecule has 3 aliphatic rings. The van der Waals surface area contributed by atoms with Gasteiger partial charge in [0.05, 0.1) is 0 Å². The minimum atomic E-state index is -5.35. The third kappa shape index (κ3) is 6.75. The first-order valence-electron chi connectivity index (χ1n) is 13.6. The van der Waals surface area contributed by atoms with Crippen LogP contribution in [0.3, 0.4) is 0 Å². The van der Waals surface area contributed by atoms with E-state index in [1.54, 1.807) is 0 Å². The molecule has 5 rings (SSSR count).